The Morgan fingerprint density at radius 1 is 1.26 bits per heavy atom. The van der Waals surface area contributed by atoms with E-state index in [1.807, 2.05) is 24.0 Å². The van der Waals surface area contributed by atoms with E-state index in [2.05, 4.69) is 18.7 Å². The topological polar surface area (TPSA) is 23.6 Å². The second-order valence-corrected chi connectivity index (χ2v) is 7.04. The molecule has 0 aromatic carbocycles. The van der Waals surface area contributed by atoms with Crippen molar-refractivity contribution in [1.82, 2.24) is 9.80 Å². The first-order valence-corrected chi connectivity index (χ1v) is 7.96. The summed E-state index contributed by atoms with van der Waals surface area (Å²) >= 11 is 1.60. The van der Waals surface area contributed by atoms with Gasteiger partial charge >= 0.3 is 0 Å². The van der Waals surface area contributed by atoms with Crippen molar-refractivity contribution in [2.75, 3.05) is 32.7 Å². The van der Waals surface area contributed by atoms with Crippen molar-refractivity contribution in [1.29, 1.82) is 0 Å². The van der Waals surface area contributed by atoms with Crippen LogP contribution >= 0.6 is 11.3 Å². The number of thiophene rings is 1. The van der Waals surface area contributed by atoms with Crippen LogP contribution in [0, 0.1) is 12.8 Å². The van der Waals surface area contributed by atoms with Crippen molar-refractivity contribution < 1.29 is 4.79 Å². The van der Waals surface area contributed by atoms with Gasteiger partial charge in [0.1, 0.15) is 0 Å². The standard InChI is InChI=1S/C15H24N2OS/c1-12(2)11-16-7-4-8-17(10-9-16)15(18)14-6-5-13(3)19-14/h5-6,12H,4,7-11H2,1-3H3. The summed E-state index contributed by atoms with van der Waals surface area (Å²) < 4.78 is 0. The van der Waals surface area contributed by atoms with Crippen LogP contribution in [-0.2, 0) is 0 Å². The average Bonchev–Trinajstić information content (AvgIpc) is 2.65. The van der Waals surface area contributed by atoms with Gasteiger partial charge in [-0.1, -0.05) is 13.8 Å². The van der Waals surface area contributed by atoms with E-state index < -0.39 is 0 Å². The molecule has 1 saturated heterocycles. The first kappa shape index (κ1) is 14.5. The van der Waals surface area contributed by atoms with Crippen molar-refractivity contribution in [2.45, 2.75) is 27.2 Å². The number of hydrogen-bond donors (Lipinski definition) is 0. The lowest BCUT2D eigenvalue weighted by molar-refractivity contribution is 0.0765. The van der Waals surface area contributed by atoms with Gasteiger partial charge in [-0.05, 0) is 37.9 Å². The highest BCUT2D eigenvalue weighted by Crippen LogP contribution is 2.18. The maximum atomic E-state index is 12.4. The molecule has 0 saturated carbocycles. The van der Waals surface area contributed by atoms with Crippen LogP contribution in [-0.4, -0.2) is 48.4 Å². The van der Waals surface area contributed by atoms with Crippen LogP contribution in [0.3, 0.4) is 0 Å². The van der Waals surface area contributed by atoms with Crippen molar-refractivity contribution in [3.8, 4) is 0 Å². The minimum Gasteiger partial charge on any atom is -0.337 e. The zero-order valence-electron chi connectivity index (χ0n) is 12.2. The van der Waals surface area contributed by atoms with Crippen LogP contribution < -0.4 is 0 Å². The zero-order chi connectivity index (χ0) is 13.8. The third-order valence-corrected chi connectivity index (χ3v) is 4.44. The molecule has 0 unspecified atom stereocenters. The van der Waals surface area contributed by atoms with Crippen LogP contribution in [0.15, 0.2) is 12.1 Å². The fourth-order valence-electron chi connectivity index (χ4n) is 2.58. The summed E-state index contributed by atoms with van der Waals surface area (Å²) in [6.45, 7) is 11.6. The molecule has 0 N–H and O–H groups in total. The second kappa shape index (κ2) is 6.53. The molecule has 1 aromatic heterocycles. The minimum absolute atomic E-state index is 0.212. The summed E-state index contributed by atoms with van der Waals surface area (Å²) in [5.74, 6) is 0.909. The third kappa shape index (κ3) is 4.05. The van der Waals surface area contributed by atoms with E-state index in [0.29, 0.717) is 5.92 Å². The molecule has 0 atom stereocenters. The van der Waals surface area contributed by atoms with Crippen molar-refractivity contribution in [3.05, 3.63) is 21.9 Å². The summed E-state index contributed by atoms with van der Waals surface area (Å²) in [5, 5.41) is 0. The Hall–Kier alpha value is -0.870. The quantitative estimate of drug-likeness (QED) is 0.850. The molecule has 1 aromatic rings. The lowest BCUT2D eigenvalue weighted by Gasteiger charge is -2.23. The Bertz CT molecular complexity index is 428. The molecule has 4 heteroatoms. The highest BCUT2D eigenvalue weighted by atomic mass is 32.1. The lowest BCUT2D eigenvalue weighted by atomic mass is 10.2. The summed E-state index contributed by atoms with van der Waals surface area (Å²) in [7, 11) is 0. The Morgan fingerprint density at radius 2 is 2.05 bits per heavy atom. The molecular weight excluding hydrogens is 256 g/mol. The van der Waals surface area contributed by atoms with Gasteiger partial charge in [0.15, 0.2) is 0 Å². The van der Waals surface area contributed by atoms with Gasteiger partial charge in [-0.25, -0.2) is 0 Å². The number of aryl methyl sites for hydroxylation is 1. The normalized spacial score (nSPS) is 17.8. The zero-order valence-corrected chi connectivity index (χ0v) is 13.0. The number of amides is 1. The monoisotopic (exact) mass is 280 g/mol. The first-order valence-electron chi connectivity index (χ1n) is 7.14. The smallest absolute Gasteiger partial charge is 0.263 e. The van der Waals surface area contributed by atoms with Gasteiger partial charge in [-0.15, -0.1) is 11.3 Å². The highest BCUT2D eigenvalue weighted by Gasteiger charge is 2.21. The predicted octanol–water partition coefficient (Wildman–Crippen LogP) is 2.86. The van der Waals surface area contributed by atoms with Gasteiger partial charge < -0.3 is 9.80 Å². The molecule has 0 aliphatic carbocycles. The second-order valence-electron chi connectivity index (χ2n) is 5.75. The van der Waals surface area contributed by atoms with Gasteiger partial charge in [-0.3, -0.25) is 4.79 Å². The van der Waals surface area contributed by atoms with E-state index in [9.17, 15) is 4.79 Å². The molecule has 1 amide bonds. The Labute approximate surface area is 120 Å². The fourth-order valence-corrected chi connectivity index (χ4v) is 3.41. The number of nitrogens with zero attached hydrogens (tertiary/aromatic N) is 2. The van der Waals surface area contributed by atoms with Crippen molar-refractivity contribution in [3.63, 3.8) is 0 Å². The molecule has 19 heavy (non-hydrogen) atoms. The maximum absolute atomic E-state index is 12.4. The minimum atomic E-state index is 0.212. The molecule has 1 aliphatic rings. The molecule has 3 nitrogen and oxygen atoms in total. The van der Waals surface area contributed by atoms with Crippen LogP contribution in [0.25, 0.3) is 0 Å². The first-order chi connectivity index (χ1) is 9.06. The lowest BCUT2D eigenvalue weighted by Crippen LogP contribution is -2.35. The Balaban J connectivity index is 1.93. The van der Waals surface area contributed by atoms with Crippen LogP contribution in [0.1, 0.15) is 34.8 Å². The SMILES string of the molecule is Cc1ccc(C(=O)N2CCCN(CC(C)C)CC2)s1. The third-order valence-electron chi connectivity index (χ3n) is 3.45. The predicted molar refractivity (Wildman–Crippen MR) is 80.9 cm³/mol. The van der Waals surface area contributed by atoms with Crippen LogP contribution in [0.2, 0.25) is 0 Å². The summed E-state index contributed by atoms with van der Waals surface area (Å²) in [5.41, 5.74) is 0. The molecule has 1 fully saturated rings. The van der Waals surface area contributed by atoms with E-state index in [4.69, 9.17) is 0 Å². The molecule has 2 heterocycles. The van der Waals surface area contributed by atoms with Gasteiger partial charge in [0.25, 0.3) is 5.91 Å². The number of carbonyl (C=O) groups excluding carboxylic acids is 1. The molecule has 0 bridgehead atoms. The van der Waals surface area contributed by atoms with Gasteiger partial charge in [0.2, 0.25) is 0 Å². The van der Waals surface area contributed by atoms with Crippen molar-refractivity contribution in [2.24, 2.45) is 5.92 Å². The molecule has 1 aliphatic heterocycles. The fraction of sp³-hybridized carbons (Fsp3) is 0.667. The van der Waals surface area contributed by atoms with E-state index in [-0.39, 0.29) is 5.91 Å². The Kier molecular flexibility index (Phi) is 4.99. The number of hydrogen-bond acceptors (Lipinski definition) is 3. The number of rotatable bonds is 3. The van der Waals surface area contributed by atoms with Gasteiger partial charge in [0.05, 0.1) is 4.88 Å². The molecule has 0 spiro atoms. The van der Waals surface area contributed by atoms with Crippen LogP contribution in [0.5, 0.6) is 0 Å². The van der Waals surface area contributed by atoms with E-state index in [1.54, 1.807) is 11.3 Å². The summed E-state index contributed by atoms with van der Waals surface area (Å²) in [6, 6.07) is 3.99. The largest absolute Gasteiger partial charge is 0.337 e. The maximum Gasteiger partial charge on any atom is 0.263 e. The van der Waals surface area contributed by atoms with Crippen LogP contribution in [0.4, 0.5) is 0 Å². The van der Waals surface area contributed by atoms with Gasteiger partial charge in [0, 0.05) is 31.1 Å². The highest BCUT2D eigenvalue weighted by molar-refractivity contribution is 7.13. The molecule has 0 radical (unpaired) electrons. The molecule has 2 rings (SSSR count). The summed E-state index contributed by atoms with van der Waals surface area (Å²) in [6.07, 6.45) is 1.09. The van der Waals surface area contributed by atoms with E-state index in [1.165, 1.54) is 4.88 Å². The Morgan fingerprint density at radius 3 is 2.68 bits per heavy atom. The average molecular weight is 280 g/mol. The van der Waals surface area contributed by atoms with Gasteiger partial charge in [-0.2, -0.15) is 0 Å². The van der Waals surface area contributed by atoms with Crippen molar-refractivity contribution >= 4 is 17.2 Å². The van der Waals surface area contributed by atoms with E-state index >= 15 is 0 Å². The number of carbonyl (C=O) groups is 1. The van der Waals surface area contributed by atoms with E-state index in [0.717, 1.165) is 44.0 Å². The summed E-state index contributed by atoms with van der Waals surface area (Å²) in [4.78, 5) is 19.0. The molecule has 106 valence electrons. The molecular formula is C15H24N2OS.